The van der Waals surface area contributed by atoms with E-state index in [1.54, 1.807) is 0 Å². The maximum atomic E-state index is 12.7. The maximum absolute atomic E-state index is 12.7. The molecule has 0 bridgehead atoms. The summed E-state index contributed by atoms with van der Waals surface area (Å²) in [6.45, 7) is 0.525. The average Bonchev–Trinajstić information content (AvgIpc) is 2.84. The Morgan fingerprint density at radius 1 is 1.26 bits per heavy atom. The summed E-state index contributed by atoms with van der Waals surface area (Å²) in [5.74, 6) is -0.694. The van der Waals surface area contributed by atoms with Crippen molar-refractivity contribution in [2.45, 2.75) is 50.6 Å². The van der Waals surface area contributed by atoms with Crippen molar-refractivity contribution < 1.29 is 17.6 Å². The van der Waals surface area contributed by atoms with Gasteiger partial charge in [-0.3, -0.25) is 0 Å². The van der Waals surface area contributed by atoms with E-state index >= 15 is 0 Å². The number of halogens is 3. The highest BCUT2D eigenvalue weighted by atomic mass is 19.4. The van der Waals surface area contributed by atoms with E-state index in [0.29, 0.717) is 37.6 Å². The molecule has 0 radical (unpaired) electrons. The quantitative estimate of drug-likeness (QED) is 0.919. The van der Waals surface area contributed by atoms with Crippen molar-refractivity contribution in [3.63, 3.8) is 0 Å². The van der Waals surface area contributed by atoms with Crippen molar-refractivity contribution in [2.24, 2.45) is 11.7 Å². The molecule has 0 aromatic carbocycles. The first-order chi connectivity index (χ1) is 9.00. The van der Waals surface area contributed by atoms with Crippen molar-refractivity contribution >= 4 is 0 Å². The Labute approximate surface area is 109 Å². The van der Waals surface area contributed by atoms with Gasteiger partial charge < -0.3 is 10.2 Å². The van der Waals surface area contributed by atoms with Crippen molar-refractivity contribution in [3.8, 4) is 0 Å². The van der Waals surface area contributed by atoms with Crippen LogP contribution in [0.15, 0.2) is 4.42 Å². The van der Waals surface area contributed by atoms with Crippen LogP contribution in [0.1, 0.15) is 49.8 Å². The third-order valence-electron chi connectivity index (χ3n) is 3.56. The Bertz CT molecular complexity index is 405. The van der Waals surface area contributed by atoms with Gasteiger partial charge in [0.05, 0.1) is 5.92 Å². The van der Waals surface area contributed by atoms with Gasteiger partial charge in [0.2, 0.25) is 11.8 Å². The second kappa shape index (κ2) is 5.90. The lowest BCUT2D eigenvalue weighted by atomic mass is 9.81. The molecule has 0 amide bonds. The molecule has 1 aromatic heterocycles. The van der Waals surface area contributed by atoms with Gasteiger partial charge in [-0.25, -0.2) is 0 Å². The van der Waals surface area contributed by atoms with E-state index < -0.39 is 12.1 Å². The standard InChI is InChI=1S/C12H18F3N3O/c13-12(14,15)9-4-1-3-8(7-9)11-18-17-10(19-11)5-2-6-16/h8-9H,1-7,16H2. The van der Waals surface area contributed by atoms with Crippen LogP contribution in [-0.4, -0.2) is 22.9 Å². The normalized spacial score (nSPS) is 24.6. The molecule has 1 aromatic rings. The van der Waals surface area contributed by atoms with Crippen LogP contribution in [0.2, 0.25) is 0 Å². The molecule has 2 unspecified atom stereocenters. The number of hydrogen-bond donors (Lipinski definition) is 1. The summed E-state index contributed by atoms with van der Waals surface area (Å²) in [6, 6.07) is 0. The molecule has 1 aliphatic carbocycles. The molecule has 1 heterocycles. The minimum Gasteiger partial charge on any atom is -0.425 e. The molecule has 2 N–H and O–H groups in total. The average molecular weight is 277 g/mol. The molecular formula is C12H18F3N3O. The smallest absolute Gasteiger partial charge is 0.391 e. The molecule has 4 nitrogen and oxygen atoms in total. The highest BCUT2D eigenvalue weighted by Gasteiger charge is 2.43. The third-order valence-corrected chi connectivity index (χ3v) is 3.56. The Morgan fingerprint density at radius 3 is 2.74 bits per heavy atom. The summed E-state index contributed by atoms with van der Waals surface area (Å²) in [6.07, 6.45) is -1.31. The van der Waals surface area contributed by atoms with Crippen LogP contribution in [0.4, 0.5) is 13.2 Å². The SMILES string of the molecule is NCCCc1nnc(C2CCCC(C(F)(F)F)C2)o1. The number of hydrogen-bond acceptors (Lipinski definition) is 4. The van der Waals surface area contributed by atoms with E-state index in [0.717, 1.165) is 6.42 Å². The topological polar surface area (TPSA) is 64.9 Å². The predicted molar refractivity (Wildman–Crippen MR) is 62.4 cm³/mol. The van der Waals surface area contributed by atoms with Crippen LogP contribution in [0.25, 0.3) is 0 Å². The van der Waals surface area contributed by atoms with Gasteiger partial charge in [0.1, 0.15) is 0 Å². The van der Waals surface area contributed by atoms with Gasteiger partial charge in [0.15, 0.2) is 0 Å². The van der Waals surface area contributed by atoms with Crippen molar-refractivity contribution in [2.75, 3.05) is 6.54 Å². The van der Waals surface area contributed by atoms with Gasteiger partial charge in [-0.2, -0.15) is 13.2 Å². The zero-order chi connectivity index (χ0) is 13.9. The highest BCUT2D eigenvalue weighted by Crippen LogP contribution is 2.43. The summed E-state index contributed by atoms with van der Waals surface area (Å²) in [4.78, 5) is 0. The molecule has 0 spiro atoms. The fraction of sp³-hybridized carbons (Fsp3) is 0.833. The molecular weight excluding hydrogens is 259 g/mol. The zero-order valence-electron chi connectivity index (χ0n) is 10.6. The molecule has 108 valence electrons. The Morgan fingerprint density at radius 2 is 2.05 bits per heavy atom. The van der Waals surface area contributed by atoms with E-state index in [4.69, 9.17) is 10.2 Å². The van der Waals surface area contributed by atoms with Crippen LogP contribution < -0.4 is 5.73 Å². The maximum Gasteiger partial charge on any atom is 0.391 e. The van der Waals surface area contributed by atoms with Gasteiger partial charge in [0.25, 0.3) is 0 Å². The lowest BCUT2D eigenvalue weighted by Crippen LogP contribution is -2.28. The number of alkyl halides is 3. The summed E-state index contributed by atoms with van der Waals surface area (Å²) in [5, 5.41) is 7.75. The van der Waals surface area contributed by atoms with E-state index in [-0.39, 0.29) is 18.8 Å². The van der Waals surface area contributed by atoms with Crippen LogP contribution in [0, 0.1) is 5.92 Å². The molecule has 7 heteroatoms. The lowest BCUT2D eigenvalue weighted by Gasteiger charge is -2.28. The minimum atomic E-state index is -4.12. The van der Waals surface area contributed by atoms with Gasteiger partial charge in [0, 0.05) is 12.3 Å². The second-order valence-electron chi connectivity index (χ2n) is 5.03. The predicted octanol–water partition coefficient (Wildman–Crippen LogP) is 2.80. The van der Waals surface area contributed by atoms with Crippen LogP contribution in [0.3, 0.4) is 0 Å². The Kier molecular flexibility index (Phi) is 4.44. The molecule has 2 atom stereocenters. The zero-order valence-corrected chi connectivity index (χ0v) is 10.6. The second-order valence-corrected chi connectivity index (χ2v) is 5.03. The molecule has 0 saturated heterocycles. The number of aromatic nitrogens is 2. The van der Waals surface area contributed by atoms with Crippen LogP contribution in [-0.2, 0) is 6.42 Å². The number of rotatable bonds is 4. The Balaban J connectivity index is 1.99. The monoisotopic (exact) mass is 277 g/mol. The van der Waals surface area contributed by atoms with Gasteiger partial charge in [-0.15, -0.1) is 10.2 Å². The largest absolute Gasteiger partial charge is 0.425 e. The highest BCUT2D eigenvalue weighted by molar-refractivity contribution is 4.96. The van der Waals surface area contributed by atoms with Gasteiger partial charge in [-0.05, 0) is 32.2 Å². The molecule has 1 aliphatic rings. The van der Waals surface area contributed by atoms with Crippen LogP contribution >= 0.6 is 0 Å². The fourth-order valence-corrected chi connectivity index (χ4v) is 2.50. The van der Waals surface area contributed by atoms with Crippen molar-refractivity contribution in [1.29, 1.82) is 0 Å². The number of nitrogens with zero attached hydrogens (tertiary/aromatic N) is 2. The van der Waals surface area contributed by atoms with Crippen molar-refractivity contribution in [3.05, 3.63) is 11.8 Å². The van der Waals surface area contributed by atoms with E-state index in [1.807, 2.05) is 0 Å². The molecule has 1 saturated carbocycles. The van der Waals surface area contributed by atoms with E-state index in [9.17, 15) is 13.2 Å². The summed E-state index contributed by atoms with van der Waals surface area (Å²) >= 11 is 0. The summed E-state index contributed by atoms with van der Waals surface area (Å²) in [5.41, 5.74) is 5.38. The third kappa shape index (κ3) is 3.68. The summed E-state index contributed by atoms with van der Waals surface area (Å²) < 4.78 is 43.6. The fourth-order valence-electron chi connectivity index (χ4n) is 2.50. The first kappa shape index (κ1) is 14.3. The van der Waals surface area contributed by atoms with Gasteiger partial charge in [-0.1, -0.05) is 6.42 Å². The molecule has 1 fully saturated rings. The lowest BCUT2D eigenvalue weighted by molar-refractivity contribution is -0.183. The van der Waals surface area contributed by atoms with Crippen LogP contribution in [0.5, 0.6) is 0 Å². The first-order valence-corrected chi connectivity index (χ1v) is 6.59. The van der Waals surface area contributed by atoms with Gasteiger partial charge >= 0.3 is 6.18 Å². The first-order valence-electron chi connectivity index (χ1n) is 6.59. The van der Waals surface area contributed by atoms with E-state index in [2.05, 4.69) is 10.2 Å². The molecule has 19 heavy (non-hydrogen) atoms. The minimum absolute atomic E-state index is 0.0576. The number of aryl methyl sites for hydroxylation is 1. The molecule has 2 rings (SSSR count). The molecule has 0 aliphatic heterocycles. The van der Waals surface area contributed by atoms with E-state index in [1.165, 1.54) is 0 Å². The summed E-state index contributed by atoms with van der Waals surface area (Å²) in [7, 11) is 0. The van der Waals surface area contributed by atoms with Crippen molar-refractivity contribution in [1.82, 2.24) is 10.2 Å². The number of nitrogens with two attached hydrogens (primary N) is 1. The Hall–Kier alpha value is -1.11.